The number of likely N-dealkylation sites (tertiary alicyclic amines) is 1. The van der Waals surface area contributed by atoms with Gasteiger partial charge in [-0.1, -0.05) is 0 Å². The van der Waals surface area contributed by atoms with Crippen LogP contribution in [0.1, 0.15) is 28.5 Å². The molecular formula is C17H19N7O. The minimum absolute atomic E-state index is 0.0800. The van der Waals surface area contributed by atoms with E-state index in [1.165, 1.54) is 12.4 Å². The van der Waals surface area contributed by atoms with Crippen LogP contribution in [0.4, 0.5) is 5.82 Å². The number of carbonyl (C=O) groups is 1. The maximum absolute atomic E-state index is 12.5. The van der Waals surface area contributed by atoms with E-state index in [-0.39, 0.29) is 11.8 Å². The topological polar surface area (TPSA) is 79.5 Å². The zero-order valence-corrected chi connectivity index (χ0v) is 14.2. The predicted molar refractivity (Wildman–Crippen MR) is 92.6 cm³/mol. The standard InChI is InChI=1S/C17H19N7O/c1-22(2)16-15-3-5-20-24(15)11-14(21-16)12-4-8-23(10-12)17(25)13-9-18-6-7-19-13/h3,5-7,9,11-12H,4,8,10H2,1-2H3. The largest absolute Gasteiger partial charge is 0.361 e. The maximum Gasteiger partial charge on any atom is 0.274 e. The Morgan fingerprint density at radius 3 is 2.92 bits per heavy atom. The highest BCUT2D eigenvalue weighted by Crippen LogP contribution is 2.29. The second kappa shape index (κ2) is 6.12. The molecule has 1 saturated heterocycles. The second-order valence-corrected chi connectivity index (χ2v) is 6.37. The highest BCUT2D eigenvalue weighted by molar-refractivity contribution is 5.92. The van der Waals surface area contributed by atoms with Gasteiger partial charge in [0.05, 0.1) is 24.3 Å². The van der Waals surface area contributed by atoms with E-state index in [2.05, 4.69) is 15.1 Å². The van der Waals surface area contributed by atoms with Gasteiger partial charge in [0.2, 0.25) is 0 Å². The zero-order chi connectivity index (χ0) is 17.4. The van der Waals surface area contributed by atoms with Crippen LogP contribution >= 0.6 is 0 Å². The molecule has 1 unspecified atom stereocenters. The minimum Gasteiger partial charge on any atom is -0.361 e. The van der Waals surface area contributed by atoms with Crippen molar-refractivity contribution in [2.45, 2.75) is 12.3 Å². The van der Waals surface area contributed by atoms with Crippen molar-refractivity contribution >= 4 is 17.2 Å². The summed E-state index contributed by atoms with van der Waals surface area (Å²) in [4.78, 5) is 29.2. The Morgan fingerprint density at radius 1 is 1.28 bits per heavy atom. The average molecular weight is 337 g/mol. The third-order valence-electron chi connectivity index (χ3n) is 4.49. The third-order valence-corrected chi connectivity index (χ3v) is 4.49. The number of anilines is 1. The van der Waals surface area contributed by atoms with Crippen molar-refractivity contribution in [1.29, 1.82) is 0 Å². The van der Waals surface area contributed by atoms with E-state index in [1.54, 1.807) is 12.4 Å². The number of hydrogen-bond donors (Lipinski definition) is 0. The highest BCUT2D eigenvalue weighted by Gasteiger charge is 2.30. The van der Waals surface area contributed by atoms with Crippen LogP contribution < -0.4 is 4.90 Å². The number of nitrogens with zero attached hydrogens (tertiary/aromatic N) is 7. The van der Waals surface area contributed by atoms with Crippen molar-refractivity contribution < 1.29 is 4.79 Å². The molecular weight excluding hydrogens is 318 g/mol. The van der Waals surface area contributed by atoms with Crippen molar-refractivity contribution in [2.24, 2.45) is 0 Å². The summed E-state index contributed by atoms with van der Waals surface area (Å²) >= 11 is 0. The monoisotopic (exact) mass is 337 g/mol. The first-order valence-electron chi connectivity index (χ1n) is 8.20. The number of carbonyl (C=O) groups excluding carboxylic acids is 1. The molecule has 0 N–H and O–H groups in total. The molecule has 0 radical (unpaired) electrons. The van der Waals surface area contributed by atoms with E-state index >= 15 is 0 Å². The lowest BCUT2D eigenvalue weighted by atomic mass is 10.1. The Labute approximate surface area is 145 Å². The molecule has 1 amide bonds. The van der Waals surface area contributed by atoms with Gasteiger partial charge in [0, 0.05) is 45.5 Å². The van der Waals surface area contributed by atoms with Crippen LogP contribution in [0.15, 0.2) is 37.1 Å². The number of amides is 1. The van der Waals surface area contributed by atoms with Crippen LogP contribution in [-0.4, -0.2) is 62.6 Å². The molecule has 1 aliphatic rings. The van der Waals surface area contributed by atoms with Crippen molar-refractivity contribution in [2.75, 3.05) is 32.1 Å². The number of hydrogen-bond acceptors (Lipinski definition) is 6. The fourth-order valence-electron chi connectivity index (χ4n) is 3.21. The first-order valence-corrected chi connectivity index (χ1v) is 8.20. The molecule has 0 aliphatic carbocycles. The van der Waals surface area contributed by atoms with Crippen molar-refractivity contribution in [3.05, 3.63) is 48.4 Å². The van der Waals surface area contributed by atoms with Gasteiger partial charge < -0.3 is 9.80 Å². The van der Waals surface area contributed by atoms with E-state index < -0.39 is 0 Å². The molecule has 1 aliphatic heterocycles. The summed E-state index contributed by atoms with van der Waals surface area (Å²) in [7, 11) is 3.94. The Balaban J connectivity index is 1.59. The van der Waals surface area contributed by atoms with Gasteiger partial charge in [-0.3, -0.25) is 9.78 Å². The smallest absolute Gasteiger partial charge is 0.274 e. The van der Waals surface area contributed by atoms with Gasteiger partial charge >= 0.3 is 0 Å². The molecule has 1 atom stereocenters. The molecule has 3 aromatic rings. The average Bonchev–Trinajstić information content (AvgIpc) is 3.30. The van der Waals surface area contributed by atoms with Gasteiger partial charge in [0.25, 0.3) is 5.91 Å². The molecule has 0 aromatic carbocycles. The number of aromatic nitrogens is 5. The molecule has 25 heavy (non-hydrogen) atoms. The number of rotatable bonds is 3. The summed E-state index contributed by atoms with van der Waals surface area (Å²) in [5.74, 6) is 0.991. The lowest BCUT2D eigenvalue weighted by Gasteiger charge is -2.18. The van der Waals surface area contributed by atoms with E-state index in [0.717, 1.165) is 23.4 Å². The van der Waals surface area contributed by atoms with Crippen LogP contribution in [0.5, 0.6) is 0 Å². The van der Waals surface area contributed by atoms with Gasteiger partial charge in [0.1, 0.15) is 11.2 Å². The van der Waals surface area contributed by atoms with E-state index in [9.17, 15) is 4.79 Å². The Bertz CT molecular complexity index is 906. The lowest BCUT2D eigenvalue weighted by molar-refractivity contribution is 0.0784. The van der Waals surface area contributed by atoms with E-state index in [1.807, 2.05) is 40.7 Å². The van der Waals surface area contributed by atoms with Crippen molar-refractivity contribution in [3.63, 3.8) is 0 Å². The fraction of sp³-hybridized carbons (Fsp3) is 0.353. The summed E-state index contributed by atoms with van der Waals surface area (Å²) in [6.07, 6.45) is 9.22. The Hall–Kier alpha value is -3.03. The SMILES string of the molecule is CN(C)c1nc(C2CCN(C(=O)c3cnccn3)C2)cn2nccc12. The predicted octanol–water partition coefficient (Wildman–Crippen LogP) is 1.21. The molecule has 3 aromatic heterocycles. The van der Waals surface area contributed by atoms with Gasteiger partial charge in [-0.2, -0.15) is 5.10 Å². The maximum atomic E-state index is 12.5. The Morgan fingerprint density at radius 2 is 2.16 bits per heavy atom. The third kappa shape index (κ3) is 2.79. The molecule has 0 saturated carbocycles. The summed E-state index contributed by atoms with van der Waals surface area (Å²) in [5, 5.41) is 4.35. The summed E-state index contributed by atoms with van der Waals surface area (Å²) in [6.45, 7) is 1.32. The normalized spacial score (nSPS) is 17.2. The fourth-order valence-corrected chi connectivity index (χ4v) is 3.21. The summed E-state index contributed by atoms with van der Waals surface area (Å²) in [6, 6.07) is 1.95. The quantitative estimate of drug-likeness (QED) is 0.715. The first kappa shape index (κ1) is 15.5. The van der Waals surface area contributed by atoms with Gasteiger partial charge in [-0.15, -0.1) is 0 Å². The van der Waals surface area contributed by atoms with Gasteiger partial charge in [-0.05, 0) is 12.5 Å². The number of fused-ring (bicyclic) bond motifs is 1. The minimum atomic E-state index is -0.0800. The van der Waals surface area contributed by atoms with E-state index in [0.29, 0.717) is 18.8 Å². The second-order valence-electron chi connectivity index (χ2n) is 6.37. The highest BCUT2D eigenvalue weighted by atomic mass is 16.2. The molecule has 8 heteroatoms. The first-order chi connectivity index (χ1) is 12.1. The summed E-state index contributed by atoms with van der Waals surface area (Å²) < 4.78 is 1.85. The van der Waals surface area contributed by atoms with Crippen LogP contribution in [0.3, 0.4) is 0 Å². The lowest BCUT2D eigenvalue weighted by Crippen LogP contribution is -2.29. The van der Waals surface area contributed by atoms with E-state index in [4.69, 9.17) is 4.98 Å². The molecule has 4 heterocycles. The molecule has 8 nitrogen and oxygen atoms in total. The molecule has 4 rings (SSSR count). The van der Waals surface area contributed by atoms with Gasteiger partial charge in [0.15, 0.2) is 5.82 Å². The van der Waals surface area contributed by atoms with Crippen LogP contribution in [-0.2, 0) is 0 Å². The molecule has 0 bridgehead atoms. The molecule has 128 valence electrons. The van der Waals surface area contributed by atoms with Crippen LogP contribution in [0.25, 0.3) is 5.52 Å². The molecule has 1 fully saturated rings. The van der Waals surface area contributed by atoms with Gasteiger partial charge in [-0.25, -0.2) is 14.5 Å². The molecule has 0 spiro atoms. The Kier molecular flexibility index (Phi) is 3.79. The van der Waals surface area contributed by atoms with Crippen molar-refractivity contribution in [1.82, 2.24) is 29.5 Å². The summed E-state index contributed by atoms with van der Waals surface area (Å²) in [5.41, 5.74) is 2.31. The van der Waals surface area contributed by atoms with Crippen molar-refractivity contribution in [3.8, 4) is 0 Å². The zero-order valence-electron chi connectivity index (χ0n) is 14.2. The van der Waals surface area contributed by atoms with Crippen LogP contribution in [0, 0.1) is 0 Å². The van der Waals surface area contributed by atoms with Crippen LogP contribution in [0.2, 0.25) is 0 Å².